The fourth-order valence-electron chi connectivity index (χ4n) is 2.40. The Labute approximate surface area is 125 Å². The molecular formula is C16H19ClN2O. The molecule has 1 saturated heterocycles. The second-order valence-corrected chi connectivity index (χ2v) is 5.17. The highest BCUT2D eigenvalue weighted by atomic mass is 35.5. The number of hydrogen-bond donors (Lipinski definition) is 1. The summed E-state index contributed by atoms with van der Waals surface area (Å²) < 4.78 is 0. The zero-order valence-corrected chi connectivity index (χ0v) is 12.3. The minimum absolute atomic E-state index is 0. The van der Waals surface area contributed by atoms with Crippen molar-refractivity contribution in [1.29, 1.82) is 0 Å². The molecule has 2 aromatic carbocycles. The van der Waals surface area contributed by atoms with Crippen LogP contribution in [-0.4, -0.2) is 37.0 Å². The highest BCUT2D eigenvalue weighted by Crippen LogP contribution is 2.16. The molecule has 1 amide bonds. The van der Waals surface area contributed by atoms with E-state index in [0.29, 0.717) is 12.5 Å². The summed E-state index contributed by atoms with van der Waals surface area (Å²) in [7, 11) is 1.90. The average molecular weight is 291 g/mol. The fraction of sp³-hybridized carbons (Fsp3) is 0.312. The Morgan fingerprint density at radius 2 is 1.90 bits per heavy atom. The van der Waals surface area contributed by atoms with Crippen LogP contribution in [0.1, 0.15) is 5.56 Å². The fourth-order valence-corrected chi connectivity index (χ4v) is 2.40. The third-order valence-corrected chi connectivity index (χ3v) is 3.87. The number of benzene rings is 2. The number of carbonyl (C=O) groups is 1. The molecule has 0 atom stereocenters. The van der Waals surface area contributed by atoms with Crippen LogP contribution in [0, 0.1) is 0 Å². The van der Waals surface area contributed by atoms with Crippen molar-refractivity contribution in [3.05, 3.63) is 48.0 Å². The first-order chi connectivity index (χ1) is 9.24. The molecule has 0 aromatic heterocycles. The number of carbonyl (C=O) groups excluding carboxylic acids is 1. The summed E-state index contributed by atoms with van der Waals surface area (Å²) in [5.41, 5.74) is 1.09. The summed E-state index contributed by atoms with van der Waals surface area (Å²) in [5.74, 6) is 0.196. The van der Waals surface area contributed by atoms with E-state index in [9.17, 15) is 4.79 Å². The largest absolute Gasteiger partial charge is 0.340 e. The van der Waals surface area contributed by atoms with E-state index in [4.69, 9.17) is 0 Å². The highest BCUT2D eigenvalue weighted by molar-refractivity contribution is 5.86. The Morgan fingerprint density at radius 1 is 1.20 bits per heavy atom. The van der Waals surface area contributed by atoms with Gasteiger partial charge in [0.05, 0.1) is 12.5 Å². The van der Waals surface area contributed by atoms with Crippen LogP contribution in [-0.2, 0) is 11.2 Å². The third kappa shape index (κ3) is 2.94. The molecular weight excluding hydrogens is 272 g/mol. The molecule has 20 heavy (non-hydrogen) atoms. The van der Waals surface area contributed by atoms with E-state index in [1.165, 1.54) is 10.8 Å². The van der Waals surface area contributed by atoms with Gasteiger partial charge in [-0.15, -0.1) is 12.4 Å². The van der Waals surface area contributed by atoms with Crippen molar-refractivity contribution < 1.29 is 4.79 Å². The number of halogens is 1. The summed E-state index contributed by atoms with van der Waals surface area (Å²) in [6.45, 7) is 1.83. The average Bonchev–Trinajstić information content (AvgIpc) is 2.36. The molecule has 0 bridgehead atoms. The molecule has 0 saturated carbocycles. The number of hydrogen-bond acceptors (Lipinski definition) is 2. The molecule has 3 rings (SSSR count). The Kier molecular flexibility index (Phi) is 4.63. The third-order valence-electron chi connectivity index (χ3n) is 3.87. The number of nitrogens with zero attached hydrogens (tertiary/aromatic N) is 1. The maximum atomic E-state index is 12.2. The van der Waals surface area contributed by atoms with E-state index in [2.05, 4.69) is 29.6 Å². The quantitative estimate of drug-likeness (QED) is 0.940. The molecule has 1 N–H and O–H groups in total. The molecule has 3 nitrogen and oxygen atoms in total. The zero-order chi connectivity index (χ0) is 13.2. The van der Waals surface area contributed by atoms with Gasteiger partial charge in [0.15, 0.2) is 0 Å². The van der Waals surface area contributed by atoms with Crippen LogP contribution in [0.25, 0.3) is 10.8 Å². The number of amides is 1. The van der Waals surface area contributed by atoms with Gasteiger partial charge in [-0.3, -0.25) is 4.79 Å². The lowest BCUT2D eigenvalue weighted by Crippen LogP contribution is -2.57. The lowest BCUT2D eigenvalue weighted by Gasteiger charge is -2.35. The maximum absolute atomic E-state index is 12.2. The molecule has 0 spiro atoms. The molecule has 1 aliphatic rings. The molecule has 2 aromatic rings. The van der Waals surface area contributed by atoms with E-state index < -0.39 is 0 Å². The van der Waals surface area contributed by atoms with Crippen LogP contribution < -0.4 is 5.32 Å². The molecule has 0 radical (unpaired) electrons. The van der Waals surface area contributed by atoms with Crippen molar-refractivity contribution in [2.75, 3.05) is 20.1 Å². The van der Waals surface area contributed by atoms with Gasteiger partial charge in [0, 0.05) is 20.1 Å². The lowest BCUT2D eigenvalue weighted by molar-refractivity contribution is -0.132. The molecule has 0 aliphatic carbocycles. The van der Waals surface area contributed by atoms with Gasteiger partial charge in [-0.25, -0.2) is 0 Å². The number of fused-ring (bicyclic) bond motifs is 1. The Bertz CT molecular complexity index is 610. The van der Waals surface area contributed by atoms with Crippen LogP contribution in [0.15, 0.2) is 42.5 Å². The van der Waals surface area contributed by atoms with Gasteiger partial charge in [-0.05, 0) is 16.3 Å². The number of nitrogens with one attached hydrogen (secondary N) is 1. The van der Waals surface area contributed by atoms with E-state index in [1.54, 1.807) is 0 Å². The lowest BCUT2D eigenvalue weighted by atomic mass is 10.0. The second kappa shape index (κ2) is 6.25. The number of rotatable bonds is 3. The monoisotopic (exact) mass is 290 g/mol. The SMILES string of the molecule is CN(C(=O)Cc1ccc2ccccc2c1)C1CNC1.Cl. The molecule has 0 unspecified atom stereocenters. The maximum Gasteiger partial charge on any atom is 0.227 e. The Morgan fingerprint density at radius 3 is 2.55 bits per heavy atom. The van der Waals surface area contributed by atoms with Crippen LogP contribution in [0.4, 0.5) is 0 Å². The van der Waals surface area contributed by atoms with Crippen molar-refractivity contribution >= 4 is 29.1 Å². The molecule has 1 heterocycles. The first-order valence-corrected chi connectivity index (χ1v) is 6.68. The van der Waals surface area contributed by atoms with Gasteiger partial charge >= 0.3 is 0 Å². The van der Waals surface area contributed by atoms with Gasteiger partial charge in [0.2, 0.25) is 5.91 Å². The highest BCUT2D eigenvalue weighted by Gasteiger charge is 2.24. The minimum Gasteiger partial charge on any atom is -0.340 e. The summed E-state index contributed by atoms with van der Waals surface area (Å²) in [5, 5.41) is 5.60. The van der Waals surface area contributed by atoms with Crippen molar-refractivity contribution in [3.63, 3.8) is 0 Å². The Hall–Kier alpha value is -1.58. The van der Waals surface area contributed by atoms with Gasteiger partial charge < -0.3 is 10.2 Å². The van der Waals surface area contributed by atoms with Gasteiger partial charge in [0.1, 0.15) is 0 Å². The zero-order valence-electron chi connectivity index (χ0n) is 11.5. The predicted octanol–water partition coefficient (Wildman–Crippen LogP) is 2.23. The van der Waals surface area contributed by atoms with E-state index >= 15 is 0 Å². The van der Waals surface area contributed by atoms with Gasteiger partial charge in [-0.1, -0.05) is 42.5 Å². The van der Waals surface area contributed by atoms with Crippen molar-refractivity contribution in [2.24, 2.45) is 0 Å². The van der Waals surface area contributed by atoms with Crippen molar-refractivity contribution in [1.82, 2.24) is 10.2 Å². The van der Waals surface area contributed by atoms with Crippen molar-refractivity contribution in [3.8, 4) is 0 Å². The van der Waals surface area contributed by atoms with Crippen LogP contribution in [0.5, 0.6) is 0 Å². The van der Waals surface area contributed by atoms with E-state index in [-0.39, 0.29) is 18.3 Å². The first-order valence-electron chi connectivity index (χ1n) is 6.68. The van der Waals surface area contributed by atoms with Crippen LogP contribution in [0.3, 0.4) is 0 Å². The van der Waals surface area contributed by atoms with Gasteiger partial charge in [0.25, 0.3) is 0 Å². The molecule has 106 valence electrons. The minimum atomic E-state index is 0. The van der Waals surface area contributed by atoms with Gasteiger partial charge in [-0.2, -0.15) is 0 Å². The van der Waals surface area contributed by atoms with E-state index in [1.807, 2.05) is 30.1 Å². The summed E-state index contributed by atoms with van der Waals surface area (Å²) in [4.78, 5) is 14.0. The standard InChI is InChI=1S/C16H18N2O.ClH/c1-18(15-10-17-11-15)16(19)9-12-6-7-13-4-2-3-5-14(13)8-12;/h2-8,15,17H,9-11H2,1H3;1H. The summed E-state index contributed by atoms with van der Waals surface area (Å²) >= 11 is 0. The van der Waals surface area contributed by atoms with E-state index in [0.717, 1.165) is 18.7 Å². The molecule has 4 heteroatoms. The topological polar surface area (TPSA) is 32.3 Å². The predicted molar refractivity (Wildman–Crippen MR) is 84.3 cm³/mol. The second-order valence-electron chi connectivity index (χ2n) is 5.17. The summed E-state index contributed by atoms with van der Waals surface area (Å²) in [6, 6.07) is 14.9. The number of likely N-dealkylation sites (N-methyl/N-ethyl adjacent to an activating group) is 1. The van der Waals surface area contributed by atoms with Crippen molar-refractivity contribution in [2.45, 2.75) is 12.5 Å². The normalized spacial score (nSPS) is 14.4. The Balaban J connectivity index is 0.00000147. The molecule has 1 fully saturated rings. The molecule has 1 aliphatic heterocycles. The summed E-state index contributed by atoms with van der Waals surface area (Å²) in [6.07, 6.45) is 0.484. The van der Waals surface area contributed by atoms with Crippen LogP contribution in [0.2, 0.25) is 0 Å². The van der Waals surface area contributed by atoms with Crippen LogP contribution >= 0.6 is 12.4 Å². The smallest absolute Gasteiger partial charge is 0.227 e. The first kappa shape index (κ1) is 14.8.